The summed E-state index contributed by atoms with van der Waals surface area (Å²) in [6.07, 6.45) is 14.6. The van der Waals surface area contributed by atoms with Gasteiger partial charge in [0.05, 0.1) is 5.57 Å². The summed E-state index contributed by atoms with van der Waals surface area (Å²) < 4.78 is 5.70. The molecule has 19 heavy (non-hydrogen) atoms. The molecule has 3 fully saturated rings. The van der Waals surface area contributed by atoms with Crippen molar-refractivity contribution < 1.29 is 4.74 Å². The quantitative estimate of drug-likeness (QED) is 0.663. The van der Waals surface area contributed by atoms with E-state index in [9.17, 15) is 0 Å². The highest BCUT2D eigenvalue weighted by Gasteiger charge is 2.37. The molecule has 2 bridgehead atoms. The summed E-state index contributed by atoms with van der Waals surface area (Å²) in [5.41, 5.74) is 2.07. The summed E-state index contributed by atoms with van der Waals surface area (Å²) in [5, 5.41) is 0. The largest absolute Gasteiger partial charge is 0.486 e. The second-order valence-corrected chi connectivity index (χ2v) is 5.79. The van der Waals surface area contributed by atoms with E-state index in [1.54, 1.807) is 0 Å². The lowest BCUT2D eigenvalue weighted by molar-refractivity contribution is 0.0399. The molecular weight excluding hydrogens is 236 g/mol. The maximum absolute atomic E-state index is 5.70. The van der Waals surface area contributed by atoms with Crippen molar-refractivity contribution in [2.75, 3.05) is 26.2 Å². The van der Waals surface area contributed by atoms with Gasteiger partial charge in [-0.05, 0) is 37.9 Å². The maximum atomic E-state index is 5.70. The summed E-state index contributed by atoms with van der Waals surface area (Å²) in [7, 11) is 0. The molecule has 0 saturated carbocycles. The zero-order valence-electron chi connectivity index (χ0n) is 11.0. The molecule has 0 unspecified atom stereocenters. The van der Waals surface area contributed by atoms with Gasteiger partial charge in [0.2, 0.25) is 0 Å². The Labute approximate surface area is 114 Å². The fraction of sp³-hybridized carbons (Fsp3) is 0.500. The van der Waals surface area contributed by atoms with Crippen molar-refractivity contribution in [3.8, 4) is 12.3 Å². The van der Waals surface area contributed by atoms with Crippen molar-refractivity contribution in [1.29, 1.82) is 0 Å². The minimum Gasteiger partial charge on any atom is -0.486 e. The van der Waals surface area contributed by atoms with Crippen LogP contribution in [0.5, 0.6) is 0 Å². The molecule has 3 nitrogen and oxygen atoms in total. The van der Waals surface area contributed by atoms with Gasteiger partial charge < -0.3 is 14.5 Å². The summed E-state index contributed by atoms with van der Waals surface area (Å²) in [6, 6.07) is 0.603. The highest BCUT2D eigenvalue weighted by molar-refractivity contribution is 5.52. The van der Waals surface area contributed by atoms with Gasteiger partial charge in [-0.1, -0.05) is 5.92 Å². The molecule has 5 aliphatic rings. The topological polar surface area (TPSA) is 15.7 Å². The zero-order valence-corrected chi connectivity index (χ0v) is 11.0. The van der Waals surface area contributed by atoms with E-state index in [1.807, 2.05) is 0 Å². The van der Waals surface area contributed by atoms with E-state index >= 15 is 0 Å². The molecule has 5 aliphatic heterocycles. The van der Waals surface area contributed by atoms with Gasteiger partial charge in [-0.2, -0.15) is 0 Å². The van der Waals surface area contributed by atoms with Crippen LogP contribution >= 0.6 is 0 Å². The predicted octanol–water partition coefficient (Wildman–Crippen LogP) is 1.71. The number of nitrogens with zero attached hydrogens (tertiary/aromatic N) is 2. The highest BCUT2D eigenvalue weighted by atomic mass is 16.5. The van der Waals surface area contributed by atoms with E-state index < -0.39 is 0 Å². The van der Waals surface area contributed by atoms with Crippen LogP contribution in [0.25, 0.3) is 0 Å². The summed E-state index contributed by atoms with van der Waals surface area (Å²) in [6.45, 7) is 4.28. The number of fused-ring (bicyclic) bond motifs is 4. The van der Waals surface area contributed by atoms with Gasteiger partial charge in [-0.25, -0.2) is 0 Å². The molecule has 3 saturated heterocycles. The molecule has 0 aromatic rings. The van der Waals surface area contributed by atoms with Crippen LogP contribution in [-0.2, 0) is 4.74 Å². The lowest BCUT2D eigenvalue weighted by Crippen LogP contribution is -2.55. The Morgan fingerprint density at radius 2 is 2.16 bits per heavy atom. The van der Waals surface area contributed by atoms with Crippen LogP contribution in [-0.4, -0.2) is 42.1 Å². The number of allylic oxidation sites excluding steroid dienone is 1. The molecule has 0 aromatic carbocycles. The third kappa shape index (κ3) is 1.71. The fourth-order valence-electron chi connectivity index (χ4n) is 3.68. The van der Waals surface area contributed by atoms with E-state index in [0.29, 0.717) is 12.6 Å². The Kier molecular flexibility index (Phi) is 2.46. The smallest absolute Gasteiger partial charge is 0.144 e. The Morgan fingerprint density at radius 3 is 2.84 bits per heavy atom. The second kappa shape index (κ2) is 4.18. The average molecular weight is 254 g/mol. The predicted molar refractivity (Wildman–Crippen MR) is 73.8 cm³/mol. The molecule has 0 radical (unpaired) electrons. The minimum atomic E-state index is 0.552. The molecule has 0 aliphatic carbocycles. The molecule has 0 spiro atoms. The van der Waals surface area contributed by atoms with E-state index in [-0.39, 0.29) is 0 Å². The molecule has 5 heterocycles. The van der Waals surface area contributed by atoms with Gasteiger partial charge in [0.1, 0.15) is 12.4 Å². The van der Waals surface area contributed by atoms with Crippen LogP contribution in [0.3, 0.4) is 0 Å². The first-order valence-corrected chi connectivity index (χ1v) is 7.08. The van der Waals surface area contributed by atoms with Crippen molar-refractivity contribution in [3.63, 3.8) is 0 Å². The molecule has 0 amide bonds. The number of hydrogen-bond acceptors (Lipinski definition) is 3. The highest BCUT2D eigenvalue weighted by Crippen LogP contribution is 2.35. The van der Waals surface area contributed by atoms with Gasteiger partial charge >= 0.3 is 0 Å². The summed E-state index contributed by atoms with van der Waals surface area (Å²) in [4.78, 5) is 4.92. The van der Waals surface area contributed by atoms with Crippen LogP contribution < -0.4 is 0 Å². The van der Waals surface area contributed by atoms with Gasteiger partial charge in [-0.15, -0.1) is 6.42 Å². The van der Waals surface area contributed by atoms with Crippen molar-refractivity contribution in [3.05, 3.63) is 35.4 Å². The van der Waals surface area contributed by atoms with Crippen LogP contribution in [0.1, 0.15) is 12.8 Å². The zero-order chi connectivity index (χ0) is 12.8. The Bertz CT molecular complexity index is 529. The van der Waals surface area contributed by atoms with Crippen LogP contribution in [0.15, 0.2) is 35.4 Å². The first-order valence-electron chi connectivity index (χ1n) is 7.08. The molecule has 3 heteroatoms. The second-order valence-electron chi connectivity index (χ2n) is 5.79. The maximum Gasteiger partial charge on any atom is 0.144 e. The summed E-state index contributed by atoms with van der Waals surface area (Å²) >= 11 is 0. The Hall–Kier alpha value is -1.66. The minimum absolute atomic E-state index is 0.552. The first-order chi connectivity index (χ1) is 9.35. The van der Waals surface area contributed by atoms with E-state index in [0.717, 1.165) is 22.8 Å². The molecule has 1 atom stereocenters. The number of terminal acetylenes is 1. The molecule has 98 valence electrons. The van der Waals surface area contributed by atoms with E-state index in [1.165, 1.54) is 32.5 Å². The monoisotopic (exact) mass is 254 g/mol. The van der Waals surface area contributed by atoms with Crippen LogP contribution in [0, 0.1) is 18.3 Å². The SMILES string of the molecule is C#CC1=C2C=CN([C@@H]3CN4CCC3CC4)C=C2OC1. The standard InChI is InChI=1S/C16H18N2O/c1-2-12-11-19-16-10-18(8-5-14(12)16)15-9-17-6-3-13(15)4-7-17/h1,5,8,10,13,15H,3-4,6-7,9,11H2/t15-/m1/s1. The van der Waals surface area contributed by atoms with Crippen molar-refractivity contribution >= 4 is 0 Å². The van der Waals surface area contributed by atoms with E-state index in [4.69, 9.17) is 11.2 Å². The van der Waals surface area contributed by atoms with Gasteiger partial charge in [0.15, 0.2) is 0 Å². The lowest BCUT2D eigenvalue weighted by atomic mass is 9.83. The molecule has 0 aromatic heterocycles. The van der Waals surface area contributed by atoms with Gasteiger partial charge in [0.25, 0.3) is 0 Å². The molecule has 0 N–H and O–H groups in total. The molecular formula is C16H18N2O. The van der Waals surface area contributed by atoms with Crippen LogP contribution in [0.2, 0.25) is 0 Å². The molecule has 5 rings (SSSR count). The van der Waals surface area contributed by atoms with Gasteiger partial charge in [0, 0.05) is 30.6 Å². The van der Waals surface area contributed by atoms with Crippen LogP contribution in [0.4, 0.5) is 0 Å². The third-order valence-corrected chi connectivity index (χ3v) is 4.82. The fourth-order valence-corrected chi connectivity index (χ4v) is 3.68. The number of rotatable bonds is 1. The van der Waals surface area contributed by atoms with Crippen molar-refractivity contribution in [2.24, 2.45) is 5.92 Å². The normalized spacial score (nSPS) is 35.8. The Morgan fingerprint density at radius 1 is 1.32 bits per heavy atom. The summed E-state index contributed by atoms with van der Waals surface area (Å²) in [5.74, 6) is 4.50. The average Bonchev–Trinajstić information content (AvgIpc) is 2.90. The number of piperidine rings is 3. The van der Waals surface area contributed by atoms with Gasteiger partial charge in [-0.3, -0.25) is 0 Å². The van der Waals surface area contributed by atoms with Crippen molar-refractivity contribution in [1.82, 2.24) is 9.80 Å². The number of ether oxygens (including phenoxy) is 1. The Balaban J connectivity index is 1.60. The van der Waals surface area contributed by atoms with Crippen molar-refractivity contribution in [2.45, 2.75) is 18.9 Å². The first kappa shape index (κ1) is 11.2. The number of hydrogen-bond donors (Lipinski definition) is 0. The lowest BCUT2D eigenvalue weighted by Gasteiger charge is -2.48. The third-order valence-electron chi connectivity index (χ3n) is 4.82. The van der Waals surface area contributed by atoms with E-state index in [2.05, 4.69) is 34.2 Å².